The minimum absolute atomic E-state index is 0.0786. The Labute approximate surface area is 242 Å². The third-order valence-electron chi connectivity index (χ3n) is 7.97. The fraction of sp³-hybridized carbons (Fsp3) is 0.294. The molecule has 0 radical (unpaired) electrons. The van der Waals surface area contributed by atoms with Gasteiger partial charge in [-0.3, -0.25) is 19.2 Å². The Kier molecular flexibility index (Phi) is 8.12. The Morgan fingerprint density at radius 3 is 1.98 bits per heavy atom. The molecule has 0 saturated heterocycles. The van der Waals surface area contributed by atoms with Gasteiger partial charge in [0.05, 0.1) is 19.3 Å². The lowest BCUT2D eigenvalue weighted by Crippen LogP contribution is -2.38. The molecule has 8 heteroatoms. The highest BCUT2D eigenvalue weighted by Crippen LogP contribution is 2.51. The third-order valence-corrected chi connectivity index (χ3v) is 7.97. The lowest BCUT2D eigenvalue weighted by molar-refractivity contribution is -0.133. The van der Waals surface area contributed by atoms with Gasteiger partial charge in [0.15, 0.2) is 0 Å². The smallest absolute Gasteiger partial charge is 0.232 e. The van der Waals surface area contributed by atoms with Crippen LogP contribution in [0.3, 0.4) is 0 Å². The molecule has 0 N–H and O–H groups in total. The fourth-order valence-corrected chi connectivity index (χ4v) is 5.91. The SMILES string of the molecule is CC1CC2=C(C(=O)C(=O)C=C2C(C)(C)C2=CC(=O)C(=O)C3=C2CCOC3)[C@@H](c2ccc(F)cc2)O1.Fc1ccccc1. The van der Waals surface area contributed by atoms with Gasteiger partial charge >= 0.3 is 0 Å². The van der Waals surface area contributed by atoms with Gasteiger partial charge in [0.2, 0.25) is 23.1 Å². The molecule has 2 aromatic carbocycles. The van der Waals surface area contributed by atoms with Gasteiger partial charge in [0, 0.05) is 16.6 Å². The molecule has 216 valence electrons. The fourth-order valence-electron chi connectivity index (χ4n) is 5.91. The van der Waals surface area contributed by atoms with Crippen molar-refractivity contribution in [2.75, 3.05) is 13.2 Å². The molecule has 6 rings (SSSR count). The maximum absolute atomic E-state index is 13.6. The topological polar surface area (TPSA) is 86.7 Å². The number of ether oxygens (including phenoxy) is 2. The van der Waals surface area contributed by atoms with Crippen LogP contribution >= 0.6 is 0 Å². The Morgan fingerprint density at radius 1 is 0.762 bits per heavy atom. The summed E-state index contributed by atoms with van der Waals surface area (Å²) >= 11 is 0. The molecular weight excluding hydrogens is 542 g/mol. The van der Waals surface area contributed by atoms with Crippen molar-refractivity contribution in [1.82, 2.24) is 0 Å². The Morgan fingerprint density at radius 2 is 1.36 bits per heavy atom. The molecule has 0 fully saturated rings. The van der Waals surface area contributed by atoms with Gasteiger partial charge in [0.25, 0.3) is 0 Å². The predicted molar refractivity (Wildman–Crippen MR) is 150 cm³/mol. The summed E-state index contributed by atoms with van der Waals surface area (Å²) in [6.45, 7) is 6.18. The van der Waals surface area contributed by atoms with Gasteiger partial charge < -0.3 is 9.47 Å². The molecule has 2 aliphatic heterocycles. The van der Waals surface area contributed by atoms with E-state index in [0.717, 1.165) is 5.57 Å². The van der Waals surface area contributed by atoms with E-state index in [1.54, 1.807) is 30.3 Å². The van der Waals surface area contributed by atoms with Crippen LogP contribution in [0.1, 0.15) is 45.3 Å². The number of rotatable bonds is 3. The molecule has 4 aliphatic rings. The van der Waals surface area contributed by atoms with Crippen LogP contribution in [-0.2, 0) is 28.7 Å². The summed E-state index contributed by atoms with van der Waals surface area (Å²) in [5.74, 6) is -3.08. The molecule has 2 aromatic rings. The van der Waals surface area contributed by atoms with Crippen LogP contribution in [0, 0.1) is 17.0 Å². The molecule has 1 unspecified atom stereocenters. The lowest BCUT2D eigenvalue weighted by Gasteiger charge is -2.42. The molecule has 0 bridgehead atoms. The van der Waals surface area contributed by atoms with E-state index in [9.17, 15) is 28.0 Å². The minimum atomic E-state index is -0.852. The highest BCUT2D eigenvalue weighted by molar-refractivity contribution is 6.49. The zero-order chi connectivity index (χ0) is 30.2. The summed E-state index contributed by atoms with van der Waals surface area (Å²) in [6, 6.07) is 13.6. The summed E-state index contributed by atoms with van der Waals surface area (Å²) in [6.07, 6.45) is 2.53. The largest absolute Gasteiger partial charge is 0.376 e. The summed E-state index contributed by atoms with van der Waals surface area (Å²) in [5.41, 5.74) is 3.12. The standard InChI is InChI=1S/C28H25FO6.C6H5F/c1-14-10-18-21(28(2,3)20-11-22(30)25(32)19-13-34-9-8-17(19)20)12-23(31)26(33)24(18)27(35-14)15-4-6-16(29)7-5-15;7-6-4-2-1-3-5-6/h4-7,11-12,14,27H,8-10,13H2,1-3H3;1-5H/t14?,27-;/m1./s1. The number of allylic oxidation sites excluding steroid dienone is 4. The van der Waals surface area contributed by atoms with Gasteiger partial charge in [-0.25, -0.2) is 8.78 Å². The number of Topliss-reactive ketones (excluding diaryl/α,β-unsaturated/α-hetero) is 2. The zero-order valence-electron chi connectivity index (χ0n) is 23.5. The summed E-state index contributed by atoms with van der Waals surface area (Å²) in [4.78, 5) is 51.2. The lowest BCUT2D eigenvalue weighted by atomic mass is 9.64. The second-order valence-electron chi connectivity index (χ2n) is 11.2. The van der Waals surface area contributed by atoms with E-state index < -0.39 is 40.5 Å². The molecular formula is C34H30F2O6. The van der Waals surface area contributed by atoms with E-state index in [4.69, 9.17) is 9.47 Å². The van der Waals surface area contributed by atoms with Crippen molar-refractivity contribution in [2.45, 2.75) is 45.8 Å². The predicted octanol–water partition coefficient (Wildman–Crippen LogP) is 5.70. The Balaban J connectivity index is 0.000000442. The molecule has 0 saturated carbocycles. The molecule has 42 heavy (non-hydrogen) atoms. The maximum Gasteiger partial charge on any atom is 0.232 e. The van der Waals surface area contributed by atoms with Gasteiger partial charge in [-0.15, -0.1) is 0 Å². The molecule has 2 heterocycles. The molecule has 6 nitrogen and oxygen atoms in total. The second-order valence-corrected chi connectivity index (χ2v) is 11.2. The van der Waals surface area contributed by atoms with Gasteiger partial charge in [-0.1, -0.05) is 44.2 Å². The molecule has 2 atom stereocenters. The molecule has 0 amide bonds. The number of carbonyl (C=O) groups excluding carboxylic acids is 4. The number of ketones is 4. The molecule has 0 aromatic heterocycles. The third kappa shape index (κ3) is 5.52. The van der Waals surface area contributed by atoms with Crippen LogP contribution in [-0.4, -0.2) is 42.5 Å². The van der Waals surface area contributed by atoms with Crippen LogP contribution in [0.2, 0.25) is 0 Å². The summed E-state index contributed by atoms with van der Waals surface area (Å²) in [5, 5.41) is 0. The van der Waals surface area contributed by atoms with Crippen molar-refractivity contribution in [2.24, 2.45) is 5.41 Å². The average Bonchev–Trinajstić information content (AvgIpc) is 2.97. The van der Waals surface area contributed by atoms with E-state index >= 15 is 0 Å². The highest BCUT2D eigenvalue weighted by atomic mass is 19.1. The number of hydrogen-bond acceptors (Lipinski definition) is 6. The van der Waals surface area contributed by atoms with E-state index in [0.29, 0.717) is 47.3 Å². The van der Waals surface area contributed by atoms with Crippen molar-refractivity contribution in [1.29, 1.82) is 0 Å². The van der Waals surface area contributed by atoms with Crippen LogP contribution in [0.15, 0.2) is 100 Å². The number of carbonyl (C=O) groups is 4. The first kappa shape index (κ1) is 29.4. The Bertz CT molecular complexity index is 1590. The van der Waals surface area contributed by atoms with Crippen LogP contribution in [0.4, 0.5) is 8.78 Å². The minimum Gasteiger partial charge on any atom is -0.376 e. The maximum atomic E-state index is 13.6. The van der Waals surface area contributed by atoms with Crippen molar-refractivity contribution < 1.29 is 37.4 Å². The van der Waals surface area contributed by atoms with Crippen molar-refractivity contribution in [3.63, 3.8) is 0 Å². The van der Waals surface area contributed by atoms with E-state index in [1.165, 1.54) is 36.4 Å². The monoisotopic (exact) mass is 572 g/mol. The van der Waals surface area contributed by atoms with E-state index in [1.807, 2.05) is 20.8 Å². The van der Waals surface area contributed by atoms with Crippen molar-refractivity contribution >= 4 is 23.1 Å². The van der Waals surface area contributed by atoms with Crippen molar-refractivity contribution in [3.05, 3.63) is 117 Å². The first-order valence-electron chi connectivity index (χ1n) is 13.8. The van der Waals surface area contributed by atoms with Gasteiger partial charge in [-0.05, 0) is 84.0 Å². The average molecular weight is 573 g/mol. The van der Waals surface area contributed by atoms with Gasteiger partial charge in [0.1, 0.15) is 17.7 Å². The number of benzene rings is 2. The normalized spacial score (nSPS) is 22.6. The van der Waals surface area contributed by atoms with E-state index in [-0.39, 0.29) is 24.1 Å². The summed E-state index contributed by atoms with van der Waals surface area (Å²) in [7, 11) is 0. The second kappa shape index (κ2) is 11.6. The van der Waals surface area contributed by atoms with Crippen LogP contribution in [0.25, 0.3) is 0 Å². The Hall–Kier alpha value is -4.14. The first-order chi connectivity index (χ1) is 20.0. The quantitative estimate of drug-likeness (QED) is 0.347. The van der Waals surface area contributed by atoms with Crippen LogP contribution < -0.4 is 0 Å². The first-order valence-corrected chi connectivity index (χ1v) is 13.8. The molecule has 0 spiro atoms. The van der Waals surface area contributed by atoms with Gasteiger partial charge in [-0.2, -0.15) is 0 Å². The molecule has 2 aliphatic carbocycles. The number of halogens is 2. The summed E-state index contributed by atoms with van der Waals surface area (Å²) < 4.78 is 37.0. The zero-order valence-corrected chi connectivity index (χ0v) is 23.5. The van der Waals surface area contributed by atoms with Crippen LogP contribution in [0.5, 0.6) is 0 Å². The van der Waals surface area contributed by atoms with E-state index in [2.05, 4.69) is 0 Å². The van der Waals surface area contributed by atoms with Crippen molar-refractivity contribution in [3.8, 4) is 0 Å². The highest BCUT2D eigenvalue weighted by Gasteiger charge is 2.45. The number of hydrogen-bond donors (Lipinski definition) is 0.